The van der Waals surface area contributed by atoms with Crippen molar-refractivity contribution in [2.24, 2.45) is 0 Å². The number of likely N-dealkylation sites (tertiary alicyclic amines) is 1. The van der Waals surface area contributed by atoms with Gasteiger partial charge in [-0.3, -0.25) is 9.69 Å². The number of nitrogens with zero attached hydrogens (tertiary/aromatic N) is 4. The summed E-state index contributed by atoms with van der Waals surface area (Å²) in [5.74, 6) is 1.45. The molecule has 1 atom stereocenters. The molecule has 1 unspecified atom stereocenters. The number of carbonyl (C=O) groups excluding carboxylic acids is 1. The normalized spacial score (nSPS) is 21.2. The third kappa shape index (κ3) is 4.99. The van der Waals surface area contributed by atoms with Crippen LogP contribution in [0.2, 0.25) is 0 Å². The van der Waals surface area contributed by atoms with Gasteiger partial charge < -0.3 is 18.9 Å². The van der Waals surface area contributed by atoms with E-state index in [4.69, 9.17) is 9.47 Å². The fourth-order valence-corrected chi connectivity index (χ4v) is 4.19. The first-order valence-corrected chi connectivity index (χ1v) is 10.6. The molecule has 0 bridgehead atoms. The van der Waals surface area contributed by atoms with Crippen molar-refractivity contribution in [3.05, 3.63) is 48.3 Å². The third-order valence-corrected chi connectivity index (χ3v) is 5.92. The Bertz CT molecular complexity index is 833. The van der Waals surface area contributed by atoms with Crippen molar-refractivity contribution in [3.63, 3.8) is 0 Å². The van der Waals surface area contributed by atoms with Gasteiger partial charge in [0.2, 0.25) is 5.91 Å². The Morgan fingerprint density at radius 1 is 1.23 bits per heavy atom. The molecule has 0 spiro atoms. The molecule has 0 radical (unpaired) electrons. The molecule has 30 heavy (non-hydrogen) atoms. The van der Waals surface area contributed by atoms with Gasteiger partial charge in [0.15, 0.2) is 0 Å². The van der Waals surface area contributed by atoms with Crippen molar-refractivity contribution in [3.8, 4) is 5.75 Å². The minimum absolute atomic E-state index is 0.0491. The van der Waals surface area contributed by atoms with E-state index in [1.165, 1.54) is 12.1 Å². The highest BCUT2D eigenvalue weighted by Gasteiger charge is 2.34. The summed E-state index contributed by atoms with van der Waals surface area (Å²) < 4.78 is 26.6. The van der Waals surface area contributed by atoms with E-state index in [-0.39, 0.29) is 30.5 Å². The standard InChI is InChI=1S/C22H29FN4O3/c1-2-26-12-9-24-21(26)14-25-10-7-18(8-11-25)27-13-20(30-16-22(27)28)15-29-19-5-3-17(23)4-6-19/h3-6,9,12,18,20H,2,7-8,10-11,13-16H2,1H3. The lowest BCUT2D eigenvalue weighted by molar-refractivity contribution is -0.155. The Morgan fingerprint density at radius 3 is 2.73 bits per heavy atom. The first kappa shape index (κ1) is 20.8. The third-order valence-electron chi connectivity index (χ3n) is 5.92. The van der Waals surface area contributed by atoms with E-state index in [0.717, 1.165) is 44.8 Å². The summed E-state index contributed by atoms with van der Waals surface area (Å²) in [4.78, 5) is 21.3. The van der Waals surface area contributed by atoms with Crippen LogP contribution < -0.4 is 4.74 Å². The zero-order valence-electron chi connectivity index (χ0n) is 17.4. The minimum Gasteiger partial charge on any atom is -0.491 e. The quantitative estimate of drug-likeness (QED) is 0.693. The molecular weight excluding hydrogens is 387 g/mol. The van der Waals surface area contributed by atoms with E-state index in [1.54, 1.807) is 12.1 Å². The molecule has 2 aliphatic rings. The van der Waals surface area contributed by atoms with E-state index in [1.807, 2.05) is 17.3 Å². The van der Waals surface area contributed by atoms with Crippen LogP contribution >= 0.6 is 0 Å². The maximum Gasteiger partial charge on any atom is 0.248 e. The van der Waals surface area contributed by atoms with Gasteiger partial charge in [-0.2, -0.15) is 0 Å². The fourth-order valence-electron chi connectivity index (χ4n) is 4.19. The number of piperidine rings is 1. The molecule has 8 heteroatoms. The van der Waals surface area contributed by atoms with Crippen molar-refractivity contribution in [2.75, 3.05) is 32.8 Å². The number of morpholine rings is 1. The summed E-state index contributed by atoms with van der Waals surface area (Å²) in [6.07, 6.45) is 5.59. The van der Waals surface area contributed by atoms with Crippen molar-refractivity contribution in [1.82, 2.24) is 19.4 Å². The summed E-state index contributed by atoms with van der Waals surface area (Å²) in [5, 5.41) is 0. The molecule has 2 fully saturated rings. The number of aromatic nitrogens is 2. The molecule has 1 aromatic heterocycles. The van der Waals surface area contributed by atoms with E-state index < -0.39 is 0 Å². The van der Waals surface area contributed by atoms with Crippen LogP contribution in [0.5, 0.6) is 5.75 Å². The van der Waals surface area contributed by atoms with Gasteiger partial charge in [-0.25, -0.2) is 9.37 Å². The van der Waals surface area contributed by atoms with Crippen LogP contribution in [0.15, 0.2) is 36.7 Å². The Labute approximate surface area is 176 Å². The van der Waals surface area contributed by atoms with Gasteiger partial charge in [0.05, 0.1) is 13.1 Å². The largest absolute Gasteiger partial charge is 0.491 e. The van der Waals surface area contributed by atoms with Gasteiger partial charge in [0.1, 0.15) is 36.7 Å². The predicted molar refractivity (Wildman–Crippen MR) is 110 cm³/mol. The van der Waals surface area contributed by atoms with Crippen LogP contribution in [0.4, 0.5) is 4.39 Å². The molecule has 1 amide bonds. The topological polar surface area (TPSA) is 59.8 Å². The number of imidazole rings is 1. The van der Waals surface area contributed by atoms with Gasteiger partial charge >= 0.3 is 0 Å². The van der Waals surface area contributed by atoms with Gasteiger partial charge in [0.25, 0.3) is 0 Å². The van der Waals surface area contributed by atoms with Gasteiger partial charge in [-0.1, -0.05) is 0 Å². The molecule has 1 aromatic carbocycles. The number of hydrogen-bond donors (Lipinski definition) is 0. The molecule has 0 N–H and O–H groups in total. The Morgan fingerprint density at radius 2 is 2.00 bits per heavy atom. The van der Waals surface area contributed by atoms with Crippen LogP contribution in [0.25, 0.3) is 0 Å². The van der Waals surface area contributed by atoms with Crippen LogP contribution in [-0.4, -0.2) is 70.3 Å². The maximum atomic E-state index is 13.0. The molecule has 0 aliphatic carbocycles. The molecular formula is C22H29FN4O3. The van der Waals surface area contributed by atoms with Crippen LogP contribution in [0.3, 0.4) is 0 Å². The second-order valence-corrected chi connectivity index (χ2v) is 7.88. The van der Waals surface area contributed by atoms with E-state index >= 15 is 0 Å². The first-order chi connectivity index (χ1) is 14.6. The van der Waals surface area contributed by atoms with Crippen molar-refractivity contribution >= 4 is 5.91 Å². The molecule has 0 saturated carbocycles. The molecule has 2 saturated heterocycles. The lowest BCUT2D eigenvalue weighted by atomic mass is 10.0. The SMILES string of the molecule is CCn1ccnc1CN1CCC(N2CC(COc3ccc(F)cc3)OCC2=O)CC1. The molecule has 7 nitrogen and oxygen atoms in total. The van der Waals surface area contributed by atoms with Crippen LogP contribution in [0, 0.1) is 5.82 Å². The second-order valence-electron chi connectivity index (χ2n) is 7.88. The number of halogens is 1. The van der Waals surface area contributed by atoms with E-state index in [9.17, 15) is 9.18 Å². The van der Waals surface area contributed by atoms with Crippen LogP contribution in [-0.2, 0) is 22.6 Å². The number of ether oxygens (including phenoxy) is 2. The van der Waals surface area contributed by atoms with Gasteiger partial charge in [0, 0.05) is 38.1 Å². The zero-order valence-corrected chi connectivity index (χ0v) is 17.4. The number of benzene rings is 1. The highest BCUT2D eigenvalue weighted by molar-refractivity contribution is 5.78. The monoisotopic (exact) mass is 416 g/mol. The molecule has 162 valence electrons. The maximum absolute atomic E-state index is 13.0. The Hall–Kier alpha value is -2.45. The number of rotatable bonds is 7. The van der Waals surface area contributed by atoms with Crippen LogP contribution in [0.1, 0.15) is 25.6 Å². The highest BCUT2D eigenvalue weighted by atomic mass is 19.1. The first-order valence-electron chi connectivity index (χ1n) is 10.6. The number of amides is 1. The minimum atomic E-state index is -0.293. The van der Waals surface area contributed by atoms with E-state index in [2.05, 4.69) is 21.4 Å². The van der Waals surface area contributed by atoms with Gasteiger partial charge in [-0.15, -0.1) is 0 Å². The molecule has 2 aromatic rings. The number of carbonyl (C=O) groups is 1. The lowest BCUT2D eigenvalue weighted by Crippen LogP contribution is -2.55. The fraction of sp³-hybridized carbons (Fsp3) is 0.545. The average Bonchev–Trinajstić information content (AvgIpc) is 3.22. The Kier molecular flexibility index (Phi) is 6.64. The summed E-state index contributed by atoms with van der Waals surface area (Å²) in [6, 6.07) is 6.17. The number of hydrogen-bond acceptors (Lipinski definition) is 5. The van der Waals surface area contributed by atoms with Crippen molar-refractivity contribution in [2.45, 2.75) is 45.0 Å². The summed E-state index contributed by atoms with van der Waals surface area (Å²) in [5.41, 5.74) is 0. The summed E-state index contributed by atoms with van der Waals surface area (Å²) in [6.45, 7) is 6.75. The summed E-state index contributed by atoms with van der Waals surface area (Å²) >= 11 is 0. The second kappa shape index (κ2) is 9.57. The van der Waals surface area contributed by atoms with E-state index in [0.29, 0.717) is 18.9 Å². The molecule has 3 heterocycles. The average molecular weight is 416 g/mol. The molecule has 4 rings (SSSR count). The predicted octanol–water partition coefficient (Wildman–Crippen LogP) is 2.31. The zero-order chi connectivity index (χ0) is 20.9. The summed E-state index contributed by atoms with van der Waals surface area (Å²) in [7, 11) is 0. The lowest BCUT2D eigenvalue weighted by Gasteiger charge is -2.42. The van der Waals surface area contributed by atoms with Crippen molar-refractivity contribution in [1.29, 1.82) is 0 Å². The number of aryl methyl sites for hydroxylation is 1. The van der Waals surface area contributed by atoms with Gasteiger partial charge in [-0.05, 0) is 44.0 Å². The highest BCUT2D eigenvalue weighted by Crippen LogP contribution is 2.22. The molecule has 2 aliphatic heterocycles. The Balaban J connectivity index is 1.27. The smallest absolute Gasteiger partial charge is 0.248 e. The van der Waals surface area contributed by atoms with Crippen molar-refractivity contribution < 1.29 is 18.7 Å².